The molecule has 8 aromatic carbocycles. The van der Waals surface area contributed by atoms with E-state index in [1.165, 1.54) is 57.4 Å². The molecule has 2 aliphatic heterocycles. The van der Waals surface area contributed by atoms with Gasteiger partial charge in [0.25, 0.3) is 0 Å². The molecule has 0 spiro atoms. The van der Waals surface area contributed by atoms with Crippen molar-refractivity contribution in [1.82, 2.24) is 9.97 Å². The molecule has 0 aliphatic carbocycles. The largest absolute Gasteiger partial charge is 0.354 e. The summed E-state index contributed by atoms with van der Waals surface area (Å²) in [6.45, 7) is 4.84. The first-order chi connectivity index (χ1) is 26.5. The Bertz CT molecular complexity index is 3250. The number of hydrogen-bond acceptors (Lipinski definition) is 5. The van der Waals surface area contributed by atoms with Crippen molar-refractivity contribution >= 4 is 87.2 Å². The SMILES string of the molecule is CC1(C)c2ccc3cccc4c3c2Sc2c(cc3c(sc5ccccc53)c21)Nc1ccc(-c2nc3ccc5ccccc5c3nc2-c2ccccc2)cc1-4. The van der Waals surface area contributed by atoms with Crippen LogP contribution >= 0.6 is 23.1 Å². The van der Waals surface area contributed by atoms with Gasteiger partial charge in [-0.1, -0.05) is 141 Å². The van der Waals surface area contributed by atoms with Gasteiger partial charge in [0.15, 0.2) is 0 Å². The zero-order valence-corrected chi connectivity index (χ0v) is 31.2. The Morgan fingerprint density at radius 3 is 2.24 bits per heavy atom. The highest BCUT2D eigenvalue weighted by molar-refractivity contribution is 8.00. The highest BCUT2D eigenvalue weighted by Crippen LogP contribution is 2.60. The summed E-state index contributed by atoms with van der Waals surface area (Å²) >= 11 is 3.87. The standard InChI is InChI=1S/C49H31N3S2/c1-49(2)36-22-19-28-14-10-17-33-34-25-30(44-43(29-12-4-3-5-13-29)52-45-31-15-7-6-11-27(31)20-24-38(45)51-44)21-23-37(34)50-39-26-35-32-16-8-9-18-40(32)53-46(35)42(49)48(39)54-47(36)41(28)33/h3-26,50H,1-2H3. The van der Waals surface area contributed by atoms with Gasteiger partial charge in [0, 0.05) is 68.5 Å². The van der Waals surface area contributed by atoms with Crippen LogP contribution in [0, 0.1) is 0 Å². The Morgan fingerprint density at radius 1 is 0.556 bits per heavy atom. The van der Waals surface area contributed by atoms with Crippen LogP contribution < -0.4 is 5.32 Å². The second-order valence-corrected chi connectivity index (χ2v) is 17.1. The Morgan fingerprint density at radius 2 is 1.33 bits per heavy atom. The Kier molecular flexibility index (Phi) is 6.21. The fraction of sp³-hybridized carbons (Fsp3) is 0.0612. The average molecular weight is 726 g/mol. The van der Waals surface area contributed by atoms with E-state index in [0.29, 0.717) is 0 Å². The molecule has 12 rings (SSSR count). The van der Waals surface area contributed by atoms with Gasteiger partial charge in [-0.25, -0.2) is 9.97 Å². The van der Waals surface area contributed by atoms with E-state index in [-0.39, 0.29) is 5.41 Å². The van der Waals surface area contributed by atoms with Crippen LogP contribution in [0.15, 0.2) is 155 Å². The Labute approximate surface area is 320 Å². The third-order valence-corrected chi connectivity index (χ3v) is 14.0. The molecule has 0 radical (unpaired) electrons. The molecule has 0 unspecified atom stereocenters. The highest BCUT2D eigenvalue weighted by atomic mass is 32.2. The molecular formula is C49H31N3S2. The number of rotatable bonds is 2. The maximum Gasteiger partial charge on any atom is 0.0973 e. The third-order valence-electron chi connectivity index (χ3n) is 11.6. The van der Waals surface area contributed by atoms with E-state index in [4.69, 9.17) is 9.97 Å². The molecule has 3 nitrogen and oxygen atoms in total. The second kappa shape index (κ2) is 11.0. The van der Waals surface area contributed by atoms with Gasteiger partial charge in [0.1, 0.15) is 0 Å². The van der Waals surface area contributed by atoms with Gasteiger partial charge in [0.05, 0.1) is 28.1 Å². The maximum atomic E-state index is 5.42. The molecule has 0 atom stereocenters. The summed E-state index contributed by atoms with van der Waals surface area (Å²) in [6, 6.07) is 52.8. The number of nitrogens with one attached hydrogen (secondary N) is 1. The number of aromatic nitrogens is 2. The molecule has 4 heterocycles. The number of benzene rings is 8. The molecular weight excluding hydrogens is 695 g/mol. The average Bonchev–Trinajstić information content (AvgIpc) is 3.60. The quantitative estimate of drug-likeness (QED) is 0.180. The van der Waals surface area contributed by atoms with Crippen LogP contribution in [0.2, 0.25) is 0 Å². The summed E-state index contributed by atoms with van der Waals surface area (Å²) in [5, 5.41) is 11.5. The minimum atomic E-state index is -0.203. The van der Waals surface area contributed by atoms with Crippen LogP contribution in [0.5, 0.6) is 0 Å². The summed E-state index contributed by atoms with van der Waals surface area (Å²) < 4.78 is 2.72. The molecule has 0 saturated carbocycles. The van der Waals surface area contributed by atoms with E-state index < -0.39 is 0 Å². The molecule has 0 fully saturated rings. The summed E-state index contributed by atoms with van der Waals surface area (Å²) in [4.78, 5) is 13.5. The highest BCUT2D eigenvalue weighted by Gasteiger charge is 2.39. The lowest BCUT2D eigenvalue weighted by atomic mass is 9.76. The smallest absolute Gasteiger partial charge is 0.0973 e. The van der Waals surface area contributed by atoms with Crippen molar-refractivity contribution in [3.63, 3.8) is 0 Å². The molecule has 5 heteroatoms. The van der Waals surface area contributed by atoms with E-state index in [2.05, 4.69) is 165 Å². The normalized spacial score (nSPS) is 14.0. The molecule has 54 heavy (non-hydrogen) atoms. The van der Waals surface area contributed by atoms with Gasteiger partial charge in [0.2, 0.25) is 0 Å². The summed E-state index contributed by atoms with van der Waals surface area (Å²) in [5.74, 6) is 0. The van der Waals surface area contributed by atoms with Gasteiger partial charge in [-0.15, -0.1) is 11.3 Å². The van der Waals surface area contributed by atoms with Crippen molar-refractivity contribution in [3.8, 4) is 33.6 Å². The zero-order chi connectivity index (χ0) is 35.7. The van der Waals surface area contributed by atoms with Crippen molar-refractivity contribution in [2.75, 3.05) is 5.32 Å². The van der Waals surface area contributed by atoms with Crippen LogP contribution in [0.25, 0.3) is 86.4 Å². The van der Waals surface area contributed by atoms with Crippen LogP contribution in [-0.4, -0.2) is 9.97 Å². The van der Waals surface area contributed by atoms with E-state index >= 15 is 0 Å². The van der Waals surface area contributed by atoms with Crippen molar-refractivity contribution < 1.29 is 0 Å². The van der Waals surface area contributed by atoms with Crippen LogP contribution in [0.1, 0.15) is 25.0 Å². The van der Waals surface area contributed by atoms with Crippen LogP contribution in [0.3, 0.4) is 0 Å². The fourth-order valence-corrected chi connectivity index (χ4v) is 12.1. The lowest BCUT2D eigenvalue weighted by Gasteiger charge is -2.36. The Balaban J connectivity index is 1.17. The van der Waals surface area contributed by atoms with Gasteiger partial charge >= 0.3 is 0 Å². The monoisotopic (exact) mass is 725 g/mol. The van der Waals surface area contributed by atoms with E-state index in [1.807, 2.05) is 23.1 Å². The summed E-state index contributed by atoms with van der Waals surface area (Å²) in [5.41, 5.74) is 12.9. The summed E-state index contributed by atoms with van der Waals surface area (Å²) in [7, 11) is 0. The lowest BCUT2D eigenvalue weighted by molar-refractivity contribution is 0.618. The van der Waals surface area contributed by atoms with Crippen molar-refractivity contribution in [1.29, 1.82) is 0 Å². The topological polar surface area (TPSA) is 37.8 Å². The van der Waals surface area contributed by atoms with Crippen LogP contribution in [0.4, 0.5) is 11.4 Å². The molecule has 10 aromatic rings. The lowest BCUT2D eigenvalue weighted by Crippen LogP contribution is -2.24. The fourth-order valence-electron chi connectivity index (χ4n) is 8.97. The zero-order valence-electron chi connectivity index (χ0n) is 29.6. The molecule has 1 N–H and O–H groups in total. The molecule has 2 bridgehead atoms. The predicted octanol–water partition coefficient (Wildman–Crippen LogP) is 14.2. The number of hydrogen-bond donors (Lipinski definition) is 1. The van der Waals surface area contributed by atoms with E-state index in [0.717, 1.165) is 61.3 Å². The second-order valence-electron chi connectivity index (χ2n) is 15.0. The number of thiophene rings is 1. The van der Waals surface area contributed by atoms with E-state index in [9.17, 15) is 0 Å². The number of anilines is 2. The third kappa shape index (κ3) is 4.19. The van der Waals surface area contributed by atoms with Crippen molar-refractivity contribution in [3.05, 3.63) is 157 Å². The molecule has 0 saturated heterocycles. The number of nitrogens with zero attached hydrogens (tertiary/aromatic N) is 2. The molecule has 254 valence electrons. The van der Waals surface area contributed by atoms with E-state index in [1.54, 1.807) is 0 Å². The van der Waals surface area contributed by atoms with Crippen molar-refractivity contribution in [2.24, 2.45) is 0 Å². The number of fused-ring (bicyclic) bond motifs is 9. The minimum absolute atomic E-state index is 0.203. The first-order valence-electron chi connectivity index (χ1n) is 18.4. The molecule has 2 aromatic heterocycles. The Hall–Kier alpha value is -6.01. The van der Waals surface area contributed by atoms with Crippen LogP contribution in [-0.2, 0) is 5.41 Å². The molecule has 2 aliphatic rings. The minimum Gasteiger partial charge on any atom is -0.354 e. The van der Waals surface area contributed by atoms with Gasteiger partial charge in [-0.2, -0.15) is 0 Å². The van der Waals surface area contributed by atoms with Crippen molar-refractivity contribution in [2.45, 2.75) is 29.1 Å². The first-order valence-corrected chi connectivity index (χ1v) is 20.0. The first kappa shape index (κ1) is 30.5. The van der Waals surface area contributed by atoms with Gasteiger partial charge in [-0.3, -0.25) is 0 Å². The van der Waals surface area contributed by atoms with Gasteiger partial charge < -0.3 is 5.32 Å². The molecule has 0 amide bonds. The summed E-state index contributed by atoms with van der Waals surface area (Å²) in [6.07, 6.45) is 0. The van der Waals surface area contributed by atoms with Gasteiger partial charge in [-0.05, 0) is 57.8 Å². The predicted molar refractivity (Wildman–Crippen MR) is 230 cm³/mol. The maximum absolute atomic E-state index is 5.42.